The highest BCUT2D eigenvalue weighted by Gasteiger charge is 2.20. The first-order valence-corrected chi connectivity index (χ1v) is 12.6. The molecule has 200 valence electrons. The van der Waals surface area contributed by atoms with Gasteiger partial charge in [-0.05, 0) is 38.7 Å². The van der Waals surface area contributed by atoms with Crippen molar-refractivity contribution in [2.75, 3.05) is 13.2 Å². The maximum Gasteiger partial charge on any atom is 0.244 e. The average Bonchev–Trinajstić information content (AvgIpc) is 3.24. The Morgan fingerprint density at radius 2 is 1.71 bits per heavy atom. The molecular weight excluding hydrogens is 432 g/mol. The summed E-state index contributed by atoms with van der Waals surface area (Å²) in [6.07, 6.45) is 6.23. The second kappa shape index (κ2) is 22.7. The molecule has 2 N–H and O–H groups in total. The summed E-state index contributed by atoms with van der Waals surface area (Å²) in [5.74, 6) is 0.0824. The summed E-state index contributed by atoms with van der Waals surface area (Å²) in [6, 6.07) is 0. The Balaban J connectivity index is -0.00000106. The molecule has 34 heavy (non-hydrogen) atoms. The number of hydrogen-bond acceptors (Lipinski definition) is 6. The van der Waals surface area contributed by atoms with Crippen LogP contribution in [0.2, 0.25) is 0 Å². The summed E-state index contributed by atoms with van der Waals surface area (Å²) in [7, 11) is 0. The SMILES string of the molecule is CC.CC.CC(C)CCOC(C)(C)Cn1cc(CNC(=O)/C=C\C(=O)C(C)C)nn1.CCCO. The first-order chi connectivity index (χ1) is 16.0. The number of hydrogen-bond donors (Lipinski definition) is 2. The Morgan fingerprint density at radius 3 is 2.18 bits per heavy atom. The molecular formula is C26H52N4O4. The van der Waals surface area contributed by atoms with Gasteiger partial charge in [0.2, 0.25) is 5.91 Å². The second-order valence-electron chi connectivity index (χ2n) is 8.53. The minimum absolute atomic E-state index is 0.0780. The van der Waals surface area contributed by atoms with Gasteiger partial charge in [0, 0.05) is 25.2 Å². The zero-order valence-electron chi connectivity index (χ0n) is 23.6. The van der Waals surface area contributed by atoms with Crippen LogP contribution in [0.25, 0.3) is 0 Å². The molecule has 1 heterocycles. The van der Waals surface area contributed by atoms with Gasteiger partial charge in [0.25, 0.3) is 0 Å². The lowest BCUT2D eigenvalue weighted by Gasteiger charge is -2.25. The van der Waals surface area contributed by atoms with Crippen molar-refractivity contribution in [3.63, 3.8) is 0 Å². The van der Waals surface area contributed by atoms with Gasteiger partial charge in [-0.25, -0.2) is 4.68 Å². The third-order valence-corrected chi connectivity index (χ3v) is 3.95. The molecule has 0 saturated heterocycles. The van der Waals surface area contributed by atoms with Gasteiger partial charge in [0.15, 0.2) is 5.78 Å². The van der Waals surface area contributed by atoms with Crippen LogP contribution in [0.3, 0.4) is 0 Å². The molecule has 0 radical (unpaired) electrons. The van der Waals surface area contributed by atoms with Gasteiger partial charge in [-0.2, -0.15) is 0 Å². The van der Waals surface area contributed by atoms with Crippen LogP contribution in [0, 0.1) is 11.8 Å². The number of amides is 1. The van der Waals surface area contributed by atoms with Crippen molar-refractivity contribution in [2.45, 2.75) is 108 Å². The molecule has 0 spiro atoms. The van der Waals surface area contributed by atoms with Crippen molar-refractivity contribution in [3.8, 4) is 0 Å². The van der Waals surface area contributed by atoms with E-state index >= 15 is 0 Å². The Labute approximate surface area is 208 Å². The summed E-state index contributed by atoms with van der Waals surface area (Å²) < 4.78 is 7.64. The third-order valence-electron chi connectivity index (χ3n) is 3.95. The van der Waals surface area contributed by atoms with Gasteiger partial charge in [-0.1, -0.05) is 67.5 Å². The maximum atomic E-state index is 11.7. The molecule has 0 aliphatic heterocycles. The van der Waals surface area contributed by atoms with E-state index in [-0.39, 0.29) is 29.8 Å². The van der Waals surface area contributed by atoms with Crippen molar-refractivity contribution < 1.29 is 19.4 Å². The Kier molecular flexibility index (Phi) is 24.4. The fraction of sp³-hybridized carbons (Fsp3) is 0.769. The molecule has 0 atom stereocenters. The first-order valence-electron chi connectivity index (χ1n) is 12.6. The summed E-state index contributed by atoms with van der Waals surface area (Å²) >= 11 is 0. The van der Waals surface area contributed by atoms with E-state index in [1.807, 2.05) is 48.5 Å². The number of ether oxygens (including phenoxy) is 1. The molecule has 1 aromatic heterocycles. The smallest absolute Gasteiger partial charge is 0.244 e. The van der Waals surface area contributed by atoms with Gasteiger partial charge in [0.05, 0.1) is 24.9 Å². The number of nitrogens with zero attached hydrogens (tertiary/aromatic N) is 3. The molecule has 0 saturated carbocycles. The standard InChI is InChI=1S/C19H32N4O3.C3H8O.2C2H6/c1-14(2)9-10-26-19(5,6)13-23-12-16(21-22-23)11-20-18(25)8-7-17(24)15(3)4;1-2-3-4;2*1-2/h7-8,12,14-15H,9-11,13H2,1-6H3,(H,20,25);4H,2-3H2,1H3;2*1-2H3/b8-7-;;;. The number of carbonyl (C=O) groups excluding carboxylic acids is 2. The van der Waals surface area contributed by atoms with Crippen LogP contribution < -0.4 is 5.32 Å². The lowest BCUT2D eigenvalue weighted by molar-refractivity contribution is -0.119. The average molecular weight is 485 g/mol. The molecule has 1 amide bonds. The summed E-state index contributed by atoms with van der Waals surface area (Å²) in [5, 5.41) is 18.7. The topological polar surface area (TPSA) is 106 Å². The summed E-state index contributed by atoms with van der Waals surface area (Å²) in [5.41, 5.74) is 0.309. The zero-order valence-corrected chi connectivity index (χ0v) is 23.6. The van der Waals surface area contributed by atoms with Crippen molar-refractivity contribution in [2.24, 2.45) is 11.8 Å². The molecule has 0 bridgehead atoms. The molecule has 0 fully saturated rings. The van der Waals surface area contributed by atoms with E-state index in [2.05, 4.69) is 29.5 Å². The van der Waals surface area contributed by atoms with Crippen LogP contribution in [0.1, 0.15) is 94.7 Å². The minimum atomic E-state index is -0.344. The monoisotopic (exact) mass is 484 g/mol. The quantitative estimate of drug-likeness (QED) is 0.406. The Morgan fingerprint density at radius 1 is 1.15 bits per heavy atom. The lowest BCUT2D eigenvalue weighted by atomic mass is 10.1. The van der Waals surface area contributed by atoms with Crippen LogP contribution in [-0.2, 0) is 27.4 Å². The number of ketones is 1. The van der Waals surface area contributed by atoms with E-state index in [9.17, 15) is 9.59 Å². The number of carbonyl (C=O) groups is 2. The van der Waals surface area contributed by atoms with Gasteiger partial charge >= 0.3 is 0 Å². The van der Waals surface area contributed by atoms with E-state index in [1.54, 1.807) is 24.7 Å². The number of allylic oxidation sites excluding steroid dienone is 1. The second-order valence-corrected chi connectivity index (χ2v) is 8.53. The van der Waals surface area contributed by atoms with Crippen LogP contribution in [0.15, 0.2) is 18.3 Å². The number of aromatic nitrogens is 3. The van der Waals surface area contributed by atoms with Crippen molar-refractivity contribution in [1.82, 2.24) is 20.3 Å². The number of rotatable bonds is 12. The largest absolute Gasteiger partial charge is 0.396 e. The van der Waals surface area contributed by atoms with Gasteiger partial charge in [-0.15, -0.1) is 5.10 Å². The molecule has 0 unspecified atom stereocenters. The van der Waals surface area contributed by atoms with Crippen molar-refractivity contribution >= 4 is 11.7 Å². The van der Waals surface area contributed by atoms with E-state index in [0.717, 1.165) is 12.8 Å². The van der Waals surface area contributed by atoms with Crippen LogP contribution >= 0.6 is 0 Å². The normalized spacial score (nSPS) is 10.6. The summed E-state index contributed by atoms with van der Waals surface area (Å²) in [6.45, 7) is 23.8. The van der Waals surface area contributed by atoms with Crippen molar-refractivity contribution in [1.29, 1.82) is 0 Å². The molecule has 8 nitrogen and oxygen atoms in total. The van der Waals surface area contributed by atoms with E-state index in [0.29, 0.717) is 31.4 Å². The Hall–Kier alpha value is -2.06. The molecule has 1 rings (SSSR count). The van der Waals surface area contributed by atoms with E-state index in [1.165, 1.54) is 12.2 Å². The molecule has 8 heteroatoms. The Bertz CT molecular complexity index is 651. The predicted octanol–water partition coefficient (Wildman–Crippen LogP) is 4.96. The number of aliphatic hydroxyl groups excluding tert-OH is 1. The molecule has 1 aromatic rings. The first kappa shape index (κ1) is 36.5. The maximum absolute atomic E-state index is 11.7. The highest BCUT2D eigenvalue weighted by atomic mass is 16.5. The molecule has 0 aliphatic rings. The highest BCUT2D eigenvalue weighted by molar-refractivity contribution is 5.98. The van der Waals surface area contributed by atoms with Crippen LogP contribution in [0.4, 0.5) is 0 Å². The van der Waals surface area contributed by atoms with Crippen LogP contribution in [-0.4, -0.2) is 50.6 Å². The highest BCUT2D eigenvalue weighted by Crippen LogP contribution is 2.14. The molecule has 0 aliphatic carbocycles. The van der Waals surface area contributed by atoms with Gasteiger partial charge < -0.3 is 15.2 Å². The lowest BCUT2D eigenvalue weighted by Crippen LogP contribution is -2.31. The van der Waals surface area contributed by atoms with E-state index < -0.39 is 0 Å². The zero-order chi connectivity index (χ0) is 27.2. The summed E-state index contributed by atoms with van der Waals surface area (Å²) in [4.78, 5) is 23.2. The number of aliphatic hydroxyl groups is 1. The van der Waals surface area contributed by atoms with Gasteiger partial charge in [0.1, 0.15) is 5.69 Å². The van der Waals surface area contributed by atoms with Crippen LogP contribution in [0.5, 0.6) is 0 Å². The minimum Gasteiger partial charge on any atom is -0.396 e. The van der Waals surface area contributed by atoms with Crippen molar-refractivity contribution in [3.05, 3.63) is 24.0 Å². The van der Waals surface area contributed by atoms with Gasteiger partial charge in [-0.3, -0.25) is 9.59 Å². The van der Waals surface area contributed by atoms with E-state index in [4.69, 9.17) is 9.84 Å². The fourth-order valence-electron chi connectivity index (χ4n) is 2.09. The fourth-order valence-corrected chi connectivity index (χ4v) is 2.09. The number of nitrogens with one attached hydrogen (secondary N) is 1. The third kappa shape index (κ3) is 21.8. The predicted molar refractivity (Wildman–Crippen MR) is 140 cm³/mol. The molecule has 0 aromatic carbocycles.